The molecule has 354 valence electrons. The molecule has 0 aliphatic rings. The molecule has 0 bridgehead atoms. The third-order valence-corrected chi connectivity index (χ3v) is 10.6. The molecule has 0 heterocycles. The number of methoxy groups -OCH3 is 2. The lowest BCUT2D eigenvalue weighted by atomic mass is 10.0. The van der Waals surface area contributed by atoms with Crippen LogP contribution >= 0.6 is 0 Å². The maximum Gasteiger partial charge on any atom is 0.343 e. The topological polar surface area (TPSA) is 159 Å². The second-order valence-corrected chi connectivity index (χ2v) is 15.3. The molecule has 6 aromatic carbocycles. The van der Waals surface area contributed by atoms with E-state index >= 15 is 0 Å². The van der Waals surface area contributed by atoms with Gasteiger partial charge in [-0.15, -0.1) is 0 Å². The van der Waals surface area contributed by atoms with Gasteiger partial charge in [0.05, 0.1) is 42.7 Å². The lowest BCUT2D eigenvalue weighted by molar-refractivity contribution is -0.149. The molecular formula is C55H56O13. The Morgan fingerprint density at radius 3 is 1.00 bits per heavy atom. The molecule has 13 nitrogen and oxygen atoms in total. The molecule has 2 atom stereocenters. The monoisotopic (exact) mass is 924 g/mol. The fourth-order valence-corrected chi connectivity index (χ4v) is 6.06. The van der Waals surface area contributed by atoms with Crippen LogP contribution in [0.3, 0.4) is 0 Å². The van der Waals surface area contributed by atoms with Crippen LogP contribution in [-0.4, -0.2) is 70.5 Å². The van der Waals surface area contributed by atoms with Gasteiger partial charge >= 0.3 is 29.8 Å². The fourth-order valence-electron chi connectivity index (χ4n) is 6.06. The van der Waals surface area contributed by atoms with E-state index in [1.54, 1.807) is 92.0 Å². The van der Waals surface area contributed by atoms with Gasteiger partial charge in [0.15, 0.2) is 0 Å². The van der Waals surface area contributed by atoms with E-state index in [4.69, 9.17) is 37.9 Å². The van der Waals surface area contributed by atoms with Crippen LogP contribution in [-0.2, 0) is 23.8 Å². The zero-order valence-electron chi connectivity index (χ0n) is 39.1. The Hall–Kier alpha value is -7.93. The Morgan fingerprint density at radius 1 is 0.382 bits per heavy atom. The van der Waals surface area contributed by atoms with Crippen LogP contribution in [0.25, 0.3) is 22.3 Å². The predicted octanol–water partition coefficient (Wildman–Crippen LogP) is 10.9. The van der Waals surface area contributed by atoms with E-state index in [9.17, 15) is 24.0 Å². The normalized spacial score (nSPS) is 11.3. The van der Waals surface area contributed by atoms with E-state index in [-0.39, 0.29) is 56.2 Å². The summed E-state index contributed by atoms with van der Waals surface area (Å²) in [7, 11) is 2.97. The van der Waals surface area contributed by atoms with Crippen molar-refractivity contribution in [1.82, 2.24) is 0 Å². The summed E-state index contributed by atoms with van der Waals surface area (Å²) < 4.78 is 42.2. The molecule has 0 fully saturated rings. The molecule has 0 spiro atoms. The third kappa shape index (κ3) is 15.6. The summed E-state index contributed by atoms with van der Waals surface area (Å²) in [5.74, 6) is 0.759. The predicted molar refractivity (Wildman–Crippen MR) is 256 cm³/mol. The van der Waals surface area contributed by atoms with Gasteiger partial charge in [-0.1, -0.05) is 76.2 Å². The van der Waals surface area contributed by atoms with Gasteiger partial charge in [-0.2, -0.15) is 0 Å². The number of hydrogen-bond donors (Lipinski definition) is 0. The first-order valence-corrected chi connectivity index (χ1v) is 22.2. The average Bonchev–Trinajstić information content (AvgIpc) is 3.39. The lowest BCUT2D eigenvalue weighted by Crippen LogP contribution is -2.17. The molecule has 0 N–H and O–H groups in total. The zero-order valence-corrected chi connectivity index (χ0v) is 39.1. The number of hydrogen-bond acceptors (Lipinski definition) is 13. The Kier molecular flexibility index (Phi) is 19.7. The lowest BCUT2D eigenvalue weighted by Gasteiger charge is -2.10. The van der Waals surface area contributed by atoms with Crippen molar-refractivity contribution in [3.05, 3.63) is 162 Å². The first-order chi connectivity index (χ1) is 32.9. The number of benzene rings is 6. The largest absolute Gasteiger partial charge is 0.497 e. The zero-order chi connectivity index (χ0) is 48.8. The average molecular weight is 925 g/mol. The second-order valence-electron chi connectivity index (χ2n) is 15.3. The minimum absolute atomic E-state index is 0.117. The first kappa shape index (κ1) is 51.1. The Morgan fingerprint density at radius 2 is 0.676 bits per heavy atom. The summed E-state index contributed by atoms with van der Waals surface area (Å²) in [5.41, 5.74) is 5.14. The van der Waals surface area contributed by atoms with Crippen LogP contribution in [0.5, 0.6) is 28.7 Å². The van der Waals surface area contributed by atoms with Crippen molar-refractivity contribution >= 4 is 29.8 Å². The van der Waals surface area contributed by atoms with Crippen LogP contribution < -0.4 is 23.7 Å². The van der Waals surface area contributed by atoms with Gasteiger partial charge in [0, 0.05) is 0 Å². The highest BCUT2D eigenvalue weighted by Gasteiger charge is 2.15. The van der Waals surface area contributed by atoms with Crippen molar-refractivity contribution in [2.45, 2.75) is 40.5 Å². The molecule has 0 aliphatic carbocycles. The highest BCUT2D eigenvalue weighted by Crippen LogP contribution is 2.26. The highest BCUT2D eigenvalue weighted by atomic mass is 16.6. The molecule has 0 aliphatic heterocycles. The standard InChI is InChI=1S/C28H28O7.C27H28O6/c1-4-19(2)26(29)34-18-17-33-24-13-11-23(12-14-24)28(31)35-25-15-9-21(10-16-25)20-5-7-22(8-6-20)27(30)32-3;1-4-19(2)26(28)32-18-17-31-24-13-9-22(10-14-24)27(29)33-25-15-7-21(8-16-25)20-5-11-23(30-3)12-6-20/h5-16,19H,4,17-18H2,1-3H3;5-16,19H,4,17-18H2,1-3H3. The van der Waals surface area contributed by atoms with E-state index in [1.807, 2.05) is 88.4 Å². The molecule has 0 saturated heterocycles. The maximum absolute atomic E-state index is 12.5. The number of esters is 5. The highest BCUT2D eigenvalue weighted by molar-refractivity contribution is 5.92. The fraction of sp³-hybridized carbons (Fsp3) is 0.255. The van der Waals surface area contributed by atoms with E-state index in [0.717, 1.165) is 40.8 Å². The van der Waals surface area contributed by atoms with Crippen molar-refractivity contribution in [3.8, 4) is 51.0 Å². The molecule has 68 heavy (non-hydrogen) atoms. The van der Waals surface area contributed by atoms with Crippen molar-refractivity contribution in [2.75, 3.05) is 40.6 Å². The SMILES string of the molecule is CCC(C)C(=O)OCCOc1ccc(C(=O)Oc2ccc(-c3ccc(C(=O)OC)cc3)cc2)cc1.CCC(C)C(=O)OCCOc1ccc(C(=O)Oc2ccc(-c3ccc(OC)cc3)cc2)cc1. The molecule has 0 amide bonds. The van der Waals surface area contributed by atoms with E-state index in [2.05, 4.69) is 0 Å². The van der Waals surface area contributed by atoms with Gasteiger partial charge in [-0.3, -0.25) is 9.59 Å². The molecule has 0 radical (unpaired) electrons. The van der Waals surface area contributed by atoms with Gasteiger partial charge in [-0.25, -0.2) is 14.4 Å². The minimum Gasteiger partial charge on any atom is -0.497 e. The molecule has 13 heteroatoms. The van der Waals surface area contributed by atoms with Crippen LogP contribution in [0, 0.1) is 11.8 Å². The van der Waals surface area contributed by atoms with Crippen LogP contribution in [0.2, 0.25) is 0 Å². The van der Waals surface area contributed by atoms with Crippen LogP contribution in [0.1, 0.15) is 71.6 Å². The summed E-state index contributed by atoms with van der Waals surface area (Å²) in [6, 6.07) is 42.4. The van der Waals surface area contributed by atoms with Crippen molar-refractivity contribution < 1.29 is 61.9 Å². The quantitative estimate of drug-likeness (QED) is 0.0308. The van der Waals surface area contributed by atoms with Crippen LogP contribution in [0.15, 0.2) is 146 Å². The Balaban J connectivity index is 0.000000255. The van der Waals surface area contributed by atoms with Crippen LogP contribution in [0.4, 0.5) is 0 Å². The van der Waals surface area contributed by atoms with Gasteiger partial charge < -0.3 is 37.9 Å². The Bertz CT molecular complexity index is 2530. The molecule has 6 aromatic rings. The van der Waals surface area contributed by atoms with Crippen molar-refractivity contribution in [2.24, 2.45) is 11.8 Å². The third-order valence-electron chi connectivity index (χ3n) is 10.6. The number of carbonyl (C=O) groups excluding carboxylic acids is 5. The number of rotatable bonds is 20. The molecule has 2 unspecified atom stereocenters. The smallest absolute Gasteiger partial charge is 0.343 e. The number of ether oxygens (including phenoxy) is 8. The maximum atomic E-state index is 12.5. The van der Waals surface area contributed by atoms with Gasteiger partial charge in [0.25, 0.3) is 0 Å². The molecule has 0 aromatic heterocycles. The summed E-state index contributed by atoms with van der Waals surface area (Å²) >= 11 is 0. The second kappa shape index (κ2) is 26.3. The van der Waals surface area contributed by atoms with E-state index < -0.39 is 11.9 Å². The van der Waals surface area contributed by atoms with E-state index in [1.165, 1.54) is 7.11 Å². The van der Waals surface area contributed by atoms with Crippen molar-refractivity contribution in [1.29, 1.82) is 0 Å². The molecular weight excluding hydrogens is 869 g/mol. The van der Waals surface area contributed by atoms with Gasteiger partial charge in [0.1, 0.15) is 55.2 Å². The summed E-state index contributed by atoms with van der Waals surface area (Å²) in [4.78, 5) is 59.8. The summed E-state index contributed by atoms with van der Waals surface area (Å²) in [6.45, 7) is 8.33. The first-order valence-electron chi connectivity index (χ1n) is 22.2. The van der Waals surface area contributed by atoms with E-state index in [0.29, 0.717) is 39.7 Å². The summed E-state index contributed by atoms with van der Waals surface area (Å²) in [6.07, 6.45) is 1.47. The van der Waals surface area contributed by atoms with Crippen molar-refractivity contribution in [3.63, 3.8) is 0 Å². The minimum atomic E-state index is -0.491. The van der Waals surface area contributed by atoms with Gasteiger partial charge in [0.2, 0.25) is 0 Å². The number of carbonyl (C=O) groups is 5. The van der Waals surface area contributed by atoms with Gasteiger partial charge in [-0.05, 0) is 132 Å². The Labute approximate surface area is 396 Å². The molecule has 6 rings (SSSR count). The molecule has 0 saturated carbocycles. The summed E-state index contributed by atoms with van der Waals surface area (Å²) in [5, 5.41) is 0.